The van der Waals surface area contributed by atoms with E-state index in [1.807, 2.05) is 12.1 Å². The lowest BCUT2D eigenvalue weighted by molar-refractivity contribution is -0.115. The van der Waals surface area contributed by atoms with E-state index in [4.69, 9.17) is 5.73 Å². The highest BCUT2D eigenvalue weighted by molar-refractivity contribution is 7.09. The van der Waals surface area contributed by atoms with Crippen molar-refractivity contribution < 1.29 is 4.79 Å². The van der Waals surface area contributed by atoms with Crippen LogP contribution in [0.4, 0.5) is 5.69 Å². The Morgan fingerprint density at radius 2 is 2.32 bits per heavy atom. The van der Waals surface area contributed by atoms with Crippen molar-refractivity contribution in [1.29, 1.82) is 0 Å². The number of carbonyl (C=O) groups is 1. The SMILES string of the molecule is NCCCc1nc(-c2ccc3c(c2)CC(=O)N3)cs1. The van der Waals surface area contributed by atoms with E-state index in [1.165, 1.54) is 0 Å². The number of nitrogens with two attached hydrogens (primary N) is 1. The number of thiazole rings is 1. The number of fused-ring (bicyclic) bond motifs is 1. The van der Waals surface area contributed by atoms with Gasteiger partial charge in [-0.1, -0.05) is 6.07 Å². The van der Waals surface area contributed by atoms with Crippen LogP contribution in [-0.4, -0.2) is 17.4 Å². The number of amides is 1. The summed E-state index contributed by atoms with van der Waals surface area (Å²) in [7, 11) is 0. The molecule has 1 amide bonds. The van der Waals surface area contributed by atoms with E-state index in [2.05, 4.69) is 21.7 Å². The molecular weight excluding hydrogens is 258 g/mol. The van der Waals surface area contributed by atoms with Crippen molar-refractivity contribution >= 4 is 22.9 Å². The van der Waals surface area contributed by atoms with E-state index in [0.29, 0.717) is 13.0 Å². The lowest BCUT2D eigenvalue weighted by atomic mass is 10.1. The maximum Gasteiger partial charge on any atom is 0.228 e. The summed E-state index contributed by atoms with van der Waals surface area (Å²) in [5, 5.41) is 6.03. The smallest absolute Gasteiger partial charge is 0.228 e. The zero-order valence-corrected chi connectivity index (χ0v) is 11.3. The second-order valence-corrected chi connectivity index (χ2v) is 5.56. The molecule has 1 aromatic carbocycles. The number of aryl methyl sites for hydroxylation is 1. The molecule has 98 valence electrons. The highest BCUT2D eigenvalue weighted by Crippen LogP contribution is 2.29. The quantitative estimate of drug-likeness (QED) is 0.897. The maximum atomic E-state index is 11.3. The standard InChI is InChI=1S/C14H15N3OS/c15-5-1-2-14-17-12(8-19-14)9-3-4-11-10(6-9)7-13(18)16-11/h3-4,6,8H,1-2,5,7,15H2,(H,16,18). The molecule has 3 N–H and O–H groups in total. The molecule has 0 spiro atoms. The van der Waals surface area contributed by atoms with Gasteiger partial charge in [0.15, 0.2) is 0 Å². The van der Waals surface area contributed by atoms with Gasteiger partial charge in [0.1, 0.15) is 0 Å². The molecule has 0 bridgehead atoms. The van der Waals surface area contributed by atoms with Crippen molar-refractivity contribution in [3.05, 3.63) is 34.2 Å². The maximum absolute atomic E-state index is 11.3. The number of rotatable bonds is 4. The number of carbonyl (C=O) groups excluding carboxylic acids is 1. The van der Waals surface area contributed by atoms with Crippen LogP contribution >= 0.6 is 11.3 Å². The predicted molar refractivity (Wildman–Crippen MR) is 77.3 cm³/mol. The van der Waals surface area contributed by atoms with Crippen LogP contribution in [0.3, 0.4) is 0 Å². The van der Waals surface area contributed by atoms with Gasteiger partial charge in [-0.3, -0.25) is 4.79 Å². The van der Waals surface area contributed by atoms with Gasteiger partial charge in [0, 0.05) is 23.1 Å². The van der Waals surface area contributed by atoms with Gasteiger partial charge in [0.25, 0.3) is 0 Å². The van der Waals surface area contributed by atoms with Crippen molar-refractivity contribution in [3.8, 4) is 11.3 Å². The molecule has 3 rings (SSSR count). The van der Waals surface area contributed by atoms with Crippen LogP contribution in [0.1, 0.15) is 17.0 Å². The Morgan fingerprint density at radius 1 is 1.42 bits per heavy atom. The van der Waals surface area contributed by atoms with Crippen LogP contribution in [0, 0.1) is 0 Å². The molecule has 0 unspecified atom stereocenters. The summed E-state index contributed by atoms with van der Waals surface area (Å²) < 4.78 is 0. The Balaban J connectivity index is 1.84. The average molecular weight is 273 g/mol. The van der Waals surface area contributed by atoms with Crippen LogP contribution in [0.5, 0.6) is 0 Å². The van der Waals surface area contributed by atoms with Crippen molar-refractivity contribution in [2.24, 2.45) is 5.73 Å². The monoisotopic (exact) mass is 273 g/mol. The van der Waals surface area contributed by atoms with E-state index in [-0.39, 0.29) is 5.91 Å². The Bertz CT molecular complexity index is 621. The summed E-state index contributed by atoms with van der Waals surface area (Å²) in [6.45, 7) is 0.696. The molecule has 19 heavy (non-hydrogen) atoms. The third-order valence-corrected chi connectivity index (χ3v) is 4.08. The number of anilines is 1. The summed E-state index contributed by atoms with van der Waals surface area (Å²) in [5.41, 5.74) is 9.54. The van der Waals surface area contributed by atoms with Crippen molar-refractivity contribution in [1.82, 2.24) is 4.98 Å². The Morgan fingerprint density at radius 3 is 3.16 bits per heavy atom. The molecule has 2 aromatic rings. The number of hydrogen-bond acceptors (Lipinski definition) is 4. The fraction of sp³-hybridized carbons (Fsp3) is 0.286. The molecule has 0 fully saturated rings. The first-order valence-corrected chi connectivity index (χ1v) is 7.22. The molecule has 1 aromatic heterocycles. The fourth-order valence-corrected chi connectivity index (χ4v) is 3.05. The first-order valence-electron chi connectivity index (χ1n) is 6.34. The van der Waals surface area contributed by atoms with Gasteiger partial charge in [-0.25, -0.2) is 4.98 Å². The minimum Gasteiger partial charge on any atom is -0.330 e. The van der Waals surface area contributed by atoms with Crippen LogP contribution in [-0.2, 0) is 17.6 Å². The van der Waals surface area contributed by atoms with E-state index in [1.54, 1.807) is 11.3 Å². The molecular formula is C14H15N3OS. The van der Waals surface area contributed by atoms with Gasteiger partial charge in [-0.15, -0.1) is 11.3 Å². The second-order valence-electron chi connectivity index (χ2n) is 4.62. The summed E-state index contributed by atoms with van der Waals surface area (Å²) in [6.07, 6.45) is 2.37. The van der Waals surface area contributed by atoms with Gasteiger partial charge in [0.05, 0.1) is 17.1 Å². The third-order valence-electron chi connectivity index (χ3n) is 3.17. The number of hydrogen-bond donors (Lipinski definition) is 2. The summed E-state index contributed by atoms with van der Waals surface area (Å²) in [5.74, 6) is 0.0639. The second kappa shape index (κ2) is 5.11. The summed E-state index contributed by atoms with van der Waals surface area (Å²) in [6, 6.07) is 6.01. The highest BCUT2D eigenvalue weighted by atomic mass is 32.1. The van der Waals surface area contributed by atoms with Crippen LogP contribution in [0.2, 0.25) is 0 Å². The average Bonchev–Trinajstić information content (AvgIpc) is 3.00. The van der Waals surface area contributed by atoms with Crippen LogP contribution < -0.4 is 11.1 Å². The zero-order chi connectivity index (χ0) is 13.2. The number of nitrogens with one attached hydrogen (secondary N) is 1. The predicted octanol–water partition coefficient (Wildman–Crippen LogP) is 2.20. The fourth-order valence-electron chi connectivity index (χ4n) is 2.20. The minimum absolute atomic E-state index is 0.0639. The van der Waals surface area contributed by atoms with Gasteiger partial charge in [0.2, 0.25) is 5.91 Å². The molecule has 0 atom stereocenters. The number of benzene rings is 1. The molecule has 5 heteroatoms. The normalized spacial score (nSPS) is 13.4. The van der Waals surface area contributed by atoms with Gasteiger partial charge in [-0.05, 0) is 30.7 Å². The zero-order valence-electron chi connectivity index (χ0n) is 10.5. The van der Waals surface area contributed by atoms with Gasteiger partial charge < -0.3 is 11.1 Å². The van der Waals surface area contributed by atoms with E-state index >= 15 is 0 Å². The van der Waals surface area contributed by atoms with Crippen LogP contribution in [0.15, 0.2) is 23.6 Å². The lowest BCUT2D eigenvalue weighted by Crippen LogP contribution is -2.03. The van der Waals surface area contributed by atoms with Crippen molar-refractivity contribution in [3.63, 3.8) is 0 Å². The molecule has 1 aliphatic rings. The topological polar surface area (TPSA) is 68.0 Å². The first kappa shape index (κ1) is 12.3. The molecule has 4 nitrogen and oxygen atoms in total. The van der Waals surface area contributed by atoms with E-state index < -0.39 is 0 Å². The Labute approximate surface area is 115 Å². The largest absolute Gasteiger partial charge is 0.330 e. The van der Waals surface area contributed by atoms with E-state index in [9.17, 15) is 4.79 Å². The van der Waals surface area contributed by atoms with E-state index in [0.717, 1.165) is 40.4 Å². The number of aromatic nitrogens is 1. The molecule has 0 radical (unpaired) electrons. The Hall–Kier alpha value is -1.72. The molecule has 0 saturated heterocycles. The minimum atomic E-state index is 0.0639. The summed E-state index contributed by atoms with van der Waals surface area (Å²) in [4.78, 5) is 16.0. The van der Waals surface area contributed by atoms with Gasteiger partial charge >= 0.3 is 0 Å². The van der Waals surface area contributed by atoms with Crippen molar-refractivity contribution in [2.45, 2.75) is 19.3 Å². The van der Waals surface area contributed by atoms with Gasteiger partial charge in [-0.2, -0.15) is 0 Å². The summed E-state index contributed by atoms with van der Waals surface area (Å²) >= 11 is 1.67. The molecule has 1 aliphatic heterocycles. The first-order chi connectivity index (χ1) is 9.26. The number of nitrogens with zero attached hydrogens (tertiary/aromatic N) is 1. The van der Waals surface area contributed by atoms with Crippen LogP contribution in [0.25, 0.3) is 11.3 Å². The third kappa shape index (κ3) is 2.52. The molecule has 0 saturated carbocycles. The molecule has 2 heterocycles. The highest BCUT2D eigenvalue weighted by Gasteiger charge is 2.18. The van der Waals surface area contributed by atoms with Crippen molar-refractivity contribution in [2.75, 3.05) is 11.9 Å². The molecule has 0 aliphatic carbocycles. The Kier molecular flexibility index (Phi) is 3.31. The lowest BCUT2D eigenvalue weighted by Gasteiger charge is -2.01.